The number of carbonyl (C=O) groups excluding carboxylic acids is 1. The number of rotatable bonds is 5. The van der Waals surface area contributed by atoms with Gasteiger partial charge in [0.2, 0.25) is 5.91 Å². The van der Waals surface area contributed by atoms with Gasteiger partial charge < -0.3 is 10.6 Å². The predicted molar refractivity (Wildman–Crippen MR) is 117 cm³/mol. The molecule has 28 heavy (non-hydrogen) atoms. The van der Waals surface area contributed by atoms with Gasteiger partial charge in [-0.05, 0) is 66.3 Å². The maximum absolute atomic E-state index is 12.1. The van der Waals surface area contributed by atoms with Gasteiger partial charge in [0.05, 0.1) is 17.8 Å². The normalized spacial score (nSPS) is 10.6. The van der Waals surface area contributed by atoms with E-state index in [0.717, 1.165) is 16.9 Å². The van der Waals surface area contributed by atoms with Gasteiger partial charge in [-0.1, -0.05) is 41.9 Å². The fraction of sp³-hybridized carbons (Fsp3) is 0.0476. The van der Waals surface area contributed by atoms with Gasteiger partial charge in [-0.15, -0.1) is 0 Å². The lowest BCUT2D eigenvalue weighted by Gasteiger charge is -2.09. The molecular weight excluding hydrogens is 392 g/mol. The Morgan fingerprint density at radius 2 is 1.46 bits per heavy atom. The first-order valence-corrected chi connectivity index (χ1v) is 9.29. The van der Waals surface area contributed by atoms with Crippen molar-refractivity contribution in [2.24, 2.45) is 10.2 Å². The molecule has 0 atom stereocenters. The van der Waals surface area contributed by atoms with Crippen molar-refractivity contribution in [3.8, 4) is 0 Å². The van der Waals surface area contributed by atoms with Gasteiger partial charge in [0.25, 0.3) is 0 Å². The SMILES string of the molecule is O=C(Cc1ccc(Cl)cc1)NC(=S)Nc1ccc(N=Nc2ccccc2)cc1. The Morgan fingerprint density at radius 3 is 2.11 bits per heavy atom. The highest BCUT2D eigenvalue weighted by Crippen LogP contribution is 2.20. The average molecular weight is 409 g/mol. The van der Waals surface area contributed by atoms with Crippen LogP contribution < -0.4 is 10.6 Å². The molecule has 0 unspecified atom stereocenters. The van der Waals surface area contributed by atoms with E-state index < -0.39 is 0 Å². The van der Waals surface area contributed by atoms with E-state index in [4.69, 9.17) is 23.8 Å². The Labute approximate surface area is 173 Å². The molecule has 0 spiro atoms. The van der Waals surface area contributed by atoms with Crippen LogP contribution in [0.25, 0.3) is 0 Å². The molecule has 0 saturated carbocycles. The zero-order chi connectivity index (χ0) is 19.8. The number of thiocarbonyl (C=S) groups is 1. The minimum absolute atomic E-state index is 0.201. The van der Waals surface area contributed by atoms with Crippen molar-refractivity contribution in [3.05, 3.63) is 89.4 Å². The molecular formula is C21H17ClN4OS. The van der Waals surface area contributed by atoms with E-state index >= 15 is 0 Å². The summed E-state index contributed by atoms with van der Waals surface area (Å²) in [6.07, 6.45) is 0.220. The van der Waals surface area contributed by atoms with Crippen LogP contribution in [0, 0.1) is 0 Å². The van der Waals surface area contributed by atoms with Crippen molar-refractivity contribution in [1.29, 1.82) is 0 Å². The Morgan fingerprint density at radius 1 is 0.857 bits per heavy atom. The number of nitrogens with one attached hydrogen (secondary N) is 2. The molecule has 140 valence electrons. The van der Waals surface area contributed by atoms with E-state index in [2.05, 4.69) is 20.9 Å². The first-order chi connectivity index (χ1) is 13.6. The van der Waals surface area contributed by atoms with Crippen LogP contribution in [0.15, 0.2) is 89.1 Å². The monoisotopic (exact) mass is 408 g/mol. The highest BCUT2D eigenvalue weighted by molar-refractivity contribution is 7.80. The van der Waals surface area contributed by atoms with Gasteiger partial charge in [0, 0.05) is 10.7 Å². The lowest BCUT2D eigenvalue weighted by Crippen LogP contribution is -2.35. The minimum Gasteiger partial charge on any atom is -0.332 e. The summed E-state index contributed by atoms with van der Waals surface area (Å²) < 4.78 is 0. The second-order valence-corrected chi connectivity index (χ2v) is 6.73. The first-order valence-electron chi connectivity index (χ1n) is 8.50. The predicted octanol–water partition coefficient (Wildman–Crippen LogP) is 5.81. The first kappa shape index (κ1) is 19.7. The third-order valence-electron chi connectivity index (χ3n) is 3.69. The lowest BCUT2D eigenvalue weighted by molar-refractivity contribution is -0.119. The summed E-state index contributed by atoms with van der Waals surface area (Å²) in [5.74, 6) is -0.201. The molecule has 0 aromatic heterocycles. The van der Waals surface area contributed by atoms with Crippen LogP contribution in [-0.4, -0.2) is 11.0 Å². The molecule has 0 fully saturated rings. The third-order valence-corrected chi connectivity index (χ3v) is 4.15. The van der Waals surface area contributed by atoms with Gasteiger partial charge in [-0.25, -0.2) is 0 Å². The maximum Gasteiger partial charge on any atom is 0.230 e. The van der Waals surface area contributed by atoms with Crippen LogP contribution in [0.2, 0.25) is 5.02 Å². The summed E-state index contributed by atoms with van der Waals surface area (Å²) in [4.78, 5) is 12.1. The zero-order valence-electron chi connectivity index (χ0n) is 14.8. The number of nitrogens with zero attached hydrogens (tertiary/aromatic N) is 2. The molecule has 0 aliphatic carbocycles. The molecule has 0 aliphatic rings. The summed E-state index contributed by atoms with van der Waals surface area (Å²) in [6.45, 7) is 0. The van der Waals surface area contributed by atoms with Gasteiger partial charge in [-0.3, -0.25) is 4.79 Å². The van der Waals surface area contributed by atoms with E-state index in [-0.39, 0.29) is 17.4 Å². The number of hydrogen-bond acceptors (Lipinski definition) is 4. The summed E-state index contributed by atoms with van der Waals surface area (Å²) in [5, 5.41) is 14.8. The molecule has 0 aliphatic heterocycles. The summed E-state index contributed by atoms with van der Waals surface area (Å²) in [7, 11) is 0. The van der Waals surface area contributed by atoms with E-state index in [0.29, 0.717) is 10.7 Å². The topological polar surface area (TPSA) is 65.8 Å². The number of halogens is 1. The molecule has 3 rings (SSSR count). The molecule has 0 radical (unpaired) electrons. The number of carbonyl (C=O) groups is 1. The average Bonchev–Trinajstić information content (AvgIpc) is 2.70. The van der Waals surface area contributed by atoms with E-state index in [9.17, 15) is 4.79 Å². The number of anilines is 1. The van der Waals surface area contributed by atoms with Crippen LogP contribution >= 0.6 is 23.8 Å². The molecule has 1 amide bonds. The molecule has 0 heterocycles. The minimum atomic E-state index is -0.201. The highest BCUT2D eigenvalue weighted by Gasteiger charge is 2.06. The van der Waals surface area contributed by atoms with Gasteiger partial charge in [0.15, 0.2) is 5.11 Å². The standard InChI is InChI=1S/C21H17ClN4OS/c22-16-8-6-15(7-9-16)14-20(27)24-21(28)23-17-10-12-19(13-11-17)26-25-18-4-2-1-3-5-18/h1-13H,14H2,(H2,23,24,27,28). The second-order valence-electron chi connectivity index (χ2n) is 5.89. The third kappa shape index (κ3) is 6.26. The highest BCUT2D eigenvalue weighted by atomic mass is 35.5. The number of hydrogen-bond donors (Lipinski definition) is 2. The number of benzene rings is 3. The van der Waals surface area contributed by atoms with E-state index in [1.165, 1.54) is 0 Å². The van der Waals surface area contributed by atoms with E-state index in [1.807, 2.05) is 54.6 Å². The smallest absolute Gasteiger partial charge is 0.230 e. The number of azo groups is 1. The number of amides is 1. The van der Waals surface area contributed by atoms with Gasteiger partial charge in [-0.2, -0.15) is 10.2 Å². The van der Waals surface area contributed by atoms with Crippen molar-refractivity contribution in [1.82, 2.24) is 5.32 Å². The Balaban J connectivity index is 1.50. The lowest BCUT2D eigenvalue weighted by atomic mass is 10.1. The molecule has 0 saturated heterocycles. The van der Waals surface area contributed by atoms with Crippen LogP contribution in [0.4, 0.5) is 17.1 Å². The Kier molecular flexibility index (Phi) is 6.84. The van der Waals surface area contributed by atoms with Crippen molar-refractivity contribution in [2.45, 2.75) is 6.42 Å². The van der Waals surface area contributed by atoms with Crippen molar-refractivity contribution >= 4 is 51.9 Å². The van der Waals surface area contributed by atoms with Crippen LogP contribution in [0.3, 0.4) is 0 Å². The second kappa shape index (κ2) is 9.73. The largest absolute Gasteiger partial charge is 0.332 e. The van der Waals surface area contributed by atoms with Crippen molar-refractivity contribution < 1.29 is 4.79 Å². The van der Waals surface area contributed by atoms with Crippen molar-refractivity contribution in [3.63, 3.8) is 0 Å². The fourth-order valence-corrected chi connectivity index (χ4v) is 2.70. The zero-order valence-corrected chi connectivity index (χ0v) is 16.4. The summed E-state index contributed by atoms with van der Waals surface area (Å²) in [5.41, 5.74) is 3.11. The Bertz CT molecular complexity index is 974. The molecule has 2 N–H and O–H groups in total. The van der Waals surface area contributed by atoms with E-state index in [1.54, 1.807) is 24.3 Å². The van der Waals surface area contributed by atoms with Crippen LogP contribution in [0.1, 0.15) is 5.56 Å². The molecule has 3 aromatic carbocycles. The van der Waals surface area contributed by atoms with Crippen LogP contribution in [-0.2, 0) is 11.2 Å². The van der Waals surface area contributed by atoms with Crippen LogP contribution in [0.5, 0.6) is 0 Å². The Hall–Kier alpha value is -3.09. The quantitative estimate of drug-likeness (QED) is 0.413. The molecule has 7 heteroatoms. The fourth-order valence-electron chi connectivity index (χ4n) is 2.34. The van der Waals surface area contributed by atoms with Gasteiger partial charge >= 0.3 is 0 Å². The van der Waals surface area contributed by atoms with Crippen molar-refractivity contribution in [2.75, 3.05) is 5.32 Å². The maximum atomic E-state index is 12.1. The molecule has 5 nitrogen and oxygen atoms in total. The molecule has 3 aromatic rings. The van der Waals surface area contributed by atoms with Gasteiger partial charge in [0.1, 0.15) is 0 Å². The molecule has 0 bridgehead atoms. The summed E-state index contributed by atoms with van der Waals surface area (Å²) in [6, 6.07) is 23.9. The summed E-state index contributed by atoms with van der Waals surface area (Å²) >= 11 is 11.0.